The van der Waals surface area contributed by atoms with Gasteiger partial charge in [-0.3, -0.25) is 14.9 Å². The van der Waals surface area contributed by atoms with Crippen molar-refractivity contribution >= 4 is 5.78 Å². The molecule has 1 aromatic rings. The summed E-state index contributed by atoms with van der Waals surface area (Å²) in [7, 11) is 0. The van der Waals surface area contributed by atoms with Gasteiger partial charge in [-0.1, -0.05) is 37.3 Å². The summed E-state index contributed by atoms with van der Waals surface area (Å²) >= 11 is 0. The maximum Gasteiger partial charge on any atom is 0.221 e. The molecule has 1 aliphatic rings. The van der Waals surface area contributed by atoms with Gasteiger partial charge in [-0.2, -0.15) is 0 Å². The maximum atomic E-state index is 11.7. The Kier molecular flexibility index (Phi) is 3.22. The Labute approximate surface area is 99.8 Å². The minimum Gasteiger partial charge on any atom is -0.299 e. The summed E-state index contributed by atoms with van der Waals surface area (Å²) in [5, 5.41) is 11.1. The third-order valence-corrected chi connectivity index (χ3v) is 3.53. The average Bonchev–Trinajstić information content (AvgIpc) is 2.33. The molecule has 0 aromatic heterocycles. The number of hydrogen-bond acceptors (Lipinski definition) is 3. The quantitative estimate of drug-likeness (QED) is 0.582. The lowest BCUT2D eigenvalue weighted by molar-refractivity contribution is -0.529. The predicted molar refractivity (Wildman–Crippen MR) is 63.4 cm³/mol. The van der Waals surface area contributed by atoms with E-state index in [0.29, 0.717) is 6.42 Å². The summed E-state index contributed by atoms with van der Waals surface area (Å²) < 4.78 is 0. The number of rotatable bonds is 2. The molecule has 0 radical (unpaired) electrons. The molecule has 3 atom stereocenters. The molecule has 0 N–H and O–H groups in total. The molecule has 0 amide bonds. The fraction of sp³-hybridized carbons (Fsp3) is 0.462. The lowest BCUT2D eigenvalue weighted by atomic mass is 9.75. The monoisotopic (exact) mass is 233 g/mol. The average molecular weight is 233 g/mol. The van der Waals surface area contributed by atoms with Crippen molar-refractivity contribution in [1.29, 1.82) is 0 Å². The van der Waals surface area contributed by atoms with E-state index in [4.69, 9.17) is 0 Å². The van der Waals surface area contributed by atoms with Crippen LogP contribution >= 0.6 is 0 Å². The number of carbonyl (C=O) groups excluding carboxylic acids is 1. The first-order valence-corrected chi connectivity index (χ1v) is 5.80. The highest BCUT2D eigenvalue weighted by molar-refractivity contribution is 5.82. The number of Topliss-reactive ketones (excluding diaryl/α,β-unsaturated/α-hetero) is 1. The minimum atomic E-state index is -0.634. The largest absolute Gasteiger partial charge is 0.299 e. The minimum absolute atomic E-state index is 0.136. The van der Waals surface area contributed by atoms with Crippen molar-refractivity contribution in [2.45, 2.75) is 31.7 Å². The molecule has 2 rings (SSSR count). The maximum absolute atomic E-state index is 11.7. The van der Waals surface area contributed by atoms with Crippen LogP contribution in [0.5, 0.6) is 0 Å². The topological polar surface area (TPSA) is 60.2 Å². The fourth-order valence-electron chi connectivity index (χ4n) is 2.49. The van der Waals surface area contributed by atoms with Crippen LogP contribution in [0.2, 0.25) is 0 Å². The zero-order chi connectivity index (χ0) is 12.4. The van der Waals surface area contributed by atoms with Gasteiger partial charge in [-0.25, -0.2) is 0 Å². The van der Waals surface area contributed by atoms with Crippen LogP contribution in [0.4, 0.5) is 0 Å². The predicted octanol–water partition coefficient (Wildman–Crippen LogP) is 2.41. The Morgan fingerprint density at radius 1 is 1.29 bits per heavy atom. The highest BCUT2D eigenvalue weighted by Gasteiger charge is 2.41. The second-order valence-electron chi connectivity index (χ2n) is 4.68. The zero-order valence-corrected chi connectivity index (χ0v) is 9.70. The molecule has 1 saturated carbocycles. The summed E-state index contributed by atoms with van der Waals surface area (Å²) in [4.78, 5) is 22.6. The van der Waals surface area contributed by atoms with E-state index in [1.54, 1.807) is 6.92 Å². The second-order valence-corrected chi connectivity index (χ2v) is 4.68. The lowest BCUT2D eigenvalue weighted by Gasteiger charge is -2.28. The van der Waals surface area contributed by atoms with Gasteiger partial charge in [0.05, 0.1) is 5.92 Å². The molecule has 0 aliphatic heterocycles. The molecule has 0 heterocycles. The number of benzene rings is 1. The smallest absolute Gasteiger partial charge is 0.221 e. The van der Waals surface area contributed by atoms with E-state index in [9.17, 15) is 14.9 Å². The summed E-state index contributed by atoms with van der Waals surface area (Å²) in [6.07, 6.45) is 0.641. The number of ketones is 1. The lowest BCUT2D eigenvalue weighted by Crippen LogP contribution is -2.38. The summed E-state index contributed by atoms with van der Waals surface area (Å²) in [5.74, 6) is -0.322. The van der Waals surface area contributed by atoms with Crippen LogP contribution in [0.15, 0.2) is 30.3 Å². The molecule has 1 aliphatic carbocycles. The molecule has 17 heavy (non-hydrogen) atoms. The van der Waals surface area contributed by atoms with Crippen LogP contribution in [0.3, 0.4) is 0 Å². The van der Waals surface area contributed by atoms with Crippen molar-refractivity contribution in [3.8, 4) is 0 Å². The summed E-state index contributed by atoms with van der Waals surface area (Å²) in [6.45, 7) is 1.78. The Balaban J connectivity index is 2.30. The van der Waals surface area contributed by atoms with Crippen LogP contribution in [-0.2, 0) is 4.79 Å². The first-order valence-electron chi connectivity index (χ1n) is 5.80. The number of hydrogen-bond donors (Lipinski definition) is 0. The molecule has 4 nitrogen and oxygen atoms in total. The summed E-state index contributed by atoms with van der Waals surface area (Å²) in [5.41, 5.74) is 0.898. The van der Waals surface area contributed by atoms with E-state index < -0.39 is 6.04 Å². The number of nitro groups is 1. The van der Waals surface area contributed by atoms with E-state index in [0.717, 1.165) is 5.56 Å². The molecule has 0 unspecified atom stereocenters. The first kappa shape index (κ1) is 11.8. The molecule has 90 valence electrons. The highest BCUT2D eigenvalue weighted by Crippen LogP contribution is 2.35. The number of carbonyl (C=O) groups is 1. The van der Waals surface area contributed by atoms with Crippen LogP contribution in [0, 0.1) is 16.0 Å². The standard InChI is InChI=1S/C13H15NO3/c1-9-7-12(14(16)17)11(8-13(9)15)10-5-3-2-4-6-10/h2-6,9,11-12H,7-8H2,1H3/t9-,11+,12-/m0/s1. The molecule has 1 aromatic carbocycles. The van der Waals surface area contributed by atoms with Crippen LogP contribution in [0.25, 0.3) is 0 Å². The molecule has 0 saturated heterocycles. The first-order chi connectivity index (χ1) is 8.09. The SMILES string of the molecule is C[C@H]1C[C@H]([N+](=O)[O-])[C@@H](c2ccccc2)CC1=O. The van der Waals surface area contributed by atoms with E-state index in [1.165, 1.54) is 0 Å². The van der Waals surface area contributed by atoms with Gasteiger partial charge in [0, 0.05) is 23.7 Å². The van der Waals surface area contributed by atoms with Gasteiger partial charge in [0.15, 0.2) is 0 Å². The Hall–Kier alpha value is -1.71. The van der Waals surface area contributed by atoms with Crippen molar-refractivity contribution in [3.05, 3.63) is 46.0 Å². The fourth-order valence-corrected chi connectivity index (χ4v) is 2.49. The molecular formula is C13H15NO3. The van der Waals surface area contributed by atoms with Crippen molar-refractivity contribution in [1.82, 2.24) is 0 Å². The normalized spacial score (nSPS) is 29.0. The van der Waals surface area contributed by atoms with Crippen molar-refractivity contribution in [2.75, 3.05) is 0 Å². The van der Waals surface area contributed by atoms with Gasteiger partial charge >= 0.3 is 0 Å². The van der Waals surface area contributed by atoms with Gasteiger partial charge in [0.25, 0.3) is 0 Å². The Morgan fingerprint density at radius 2 is 1.94 bits per heavy atom. The van der Waals surface area contributed by atoms with Gasteiger partial charge < -0.3 is 0 Å². The molecule has 0 bridgehead atoms. The van der Waals surface area contributed by atoms with Crippen LogP contribution in [-0.4, -0.2) is 16.7 Å². The van der Waals surface area contributed by atoms with Crippen LogP contribution in [0.1, 0.15) is 31.2 Å². The molecular weight excluding hydrogens is 218 g/mol. The van der Waals surface area contributed by atoms with Gasteiger partial charge in [0.1, 0.15) is 5.78 Å². The molecule has 0 spiro atoms. The third-order valence-electron chi connectivity index (χ3n) is 3.53. The molecule has 1 fully saturated rings. The highest BCUT2D eigenvalue weighted by atomic mass is 16.6. The summed E-state index contributed by atoms with van der Waals surface area (Å²) in [6, 6.07) is 8.68. The third kappa shape index (κ3) is 2.35. The van der Waals surface area contributed by atoms with Gasteiger partial charge in [0.2, 0.25) is 6.04 Å². The second kappa shape index (κ2) is 4.65. The number of nitrogens with zero attached hydrogens (tertiary/aromatic N) is 1. The van der Waals surface area contributed by atoms with Gasteiger partial charge in [-0.15, -0.1) is 0 Å². The van der Waals surface area contributed by atoms with Crippen molar-refractivity contribution in [3.63, 3.8) is 0 Å². The van der Waals surface area contributed by atoms with Crippen molar-refractivity contribution in [2.24, 2.45) is 5.92 Å². The zero-order valence-electron chi connectivity index (χ0n) is 9.70. The van der Waals surface area contributed by atoms with Gasteiger partial charge in [-0.05, 0) is 5.56 Å². The van der Waals surface area contributed by atoms with E-state index >= 15 is 0 Å². The van der Waals surface area contributed by atoms with E-state index in [-0.39, 0.29) is 29.0 Å². The van der Waals surface area contributed by atoms with E-state index in [1.807, 2.05) is 30.3 Å². The molecule has 4 heteroatoms. The Morgan fingerprint density at radius 3 is 2.53 bits per heavy atom. The van der Waals surface area contributed by atoms with E-state index in [2.05, 4.69) is 0 Å². The Bertz CT molecular complexity index is 430. The van der Waals surface area contributed by atoms with Crippen molar-refractivity contribution < 1.29 is 9.72 Å². The van der Waals surface area contributed by atoms with Crippen LogP contribution < -0.4 is 0 Å².